The van der Waals surface area contributed by atoms with E-state index in [1.54, 1.807) is 30.5 Å². The highest BCUT2D eigenvalue weighted by Gasteiger charge is 2.23. The van der Waals surface area contributed by atoms with E-state index in [1.807, 2.05) is 12.1 Å². The Hall–Kier alpha value is -2.56. The number of hydrogen-bond acceptors (Lipinski definition) is 4. The Morgan fingerprint density at radius 1 is 1.25 bits per heavy atom. The van der Waals surface area contributed by atoms with Crippen LogP contribution in [0.25, 0.3) is 0 Å². The number of carboxylic acid groups (broad SMARTS) is 1. The second kappa shape index (κ2) is 5.21. The first-order chi connectivity index (χ1) is 9.74. The van der Waals surface area contributed by atoms with Crippen molar-refractivity contribution in [3.05, 3.63) is 53.9 Å². The number of rotatable bonds is 4. The summed E-state index contributed by atoms with van der Waals surface area (Å²) in [6.45, 7) is 0.210. The summed E-state index contributed by atoms with van der Waals surface area (Å²) in [6.07, 6.45) is 1.97. The number of benzene rings is 1. The van der Waals surface area contributed by atoms with E-state index in [0.29, 0.717) is 23.6 Å². The molecule has 3 rings (SSSR count). The Bertz CT molecular complexity index is 627. The summed E-state index contributed by atoms with van der Waals surface area (Å²) >= 11 is 0. The van der Waals surface area contributed by atoms with Crippen molar-refractivity contribution in [2.45, 2.75) is 12.3 Å². The van der Waals surface area contributed by atoms with Crippen LogP contribution in [0.1, 0.15) is 17.2 Å². The van der Waals surface area contributed by atoms with Crippen molar-refractivity contribution in [1.82, 2.24) is 4.98 Å². The van der Waals surface area contributed by atoms with Gasteiger partial charge in [0.15, 0.2) is 11.5 Å². The van der Waals surface area contributed by atoms with Crippen LogP contribution in [0, 0.1) is 0 Å². The number of nitrogens with zero attached hydrogens (tertiary/aromatic N) is 1. The van der Waals surface area contributed by atoms with E-state index in [1.165, 1.54) is 0 Å². The second-order valence-corrected chi connectivity index (χ2v) is 4.54. The van der Waals surface area contributed by atoms with Gasteiger partial charge in [0.2, 0.25) is 6.79 Å². The molecule has 5 heteroatoms. The molecule has 20 heavy (non-hydrogen) atoms. The van der Waals surface area contributed by atoms with Gasteiger partial charge >= 0.3 is 5.97 Å². The Morgan fingerprint density at radius 2 is 2.10 bits per heavy atom. The van der Waals surface area contributed by atoms with Crippen LogP contribution >= 0.6 is 0 Å². The quantitative estimate of drug-likeness (QED) is 0.923. The molecule has 1 atom stereocenters. The molecular formula is C15H13NO4. The summed E-state index contributed by atoms with van der Waals surface area (Å²) < 4.78 is 10.5. The SMILES string of the molecule is O=C(O)C(Cc1ccc2c(c1)OCO2)c1ccccn1. The van der Waals surface area contributed by atoms with Gasteiger partial charge < -0.3 is 14.6 Å². The number of ether oxygens (including phenoxy) is 2. The summed E-state index contributed by atoms with van der Waals surface area (Å²) in [4.78, 5) is 15.6. The van der Waals surface area contributed by atoms with Crippen molar-refractivity contribution >= 4 is 5.97 Å². The van der Waals surface area contributed by atoms with Crippen molar-refractivity contribution in [3.8, 4) is 11.5 Å². The largest absolute Gasteiger partial charge is 0.481 e. The monoisotopic (exact) mass is 271 g/mol. The van der Waals surface area contributed by atoms with Crippen LogP contribution in [-0.2, 0) is 11.2 Å². The van der Waals surface area contributed by atoms with Gasteiger partial charge in [0.1, 0.15) is 5.92 Å². The first-order valence-electron chi connectivity index (χ1n) is 6.26. The number of aliphatic carboxylic acids is 1. The zero-order chi connectivity index (χ0) is 13.9. The van der Waals surface area contributed by atoms with E-state index >= 15 is 0 Å². The van der Waals surface area contributed by atoms with Crippen LogP contribution in [0.3, 0.4) is 0 Å². The number of pyridine rings is 1. The van der Waals surface area contributed by atoms with E-state index in [2.05, 4.69) is 4.98 Å². The lowest BCUT2D eigenvalue weighted by Crippen LogP contribution is -2.15. The highest BCUT2D eigenvalue weighted by atomic mass is 16.7. The first-order valence-corrected chi connectivity index (χ1v) is 6.26. The van der Waals surface area contributed by atoms with Gasteiger partial charge in [-0.15, -0.1) is 0 Å². The molecule has 1 aromatic heterocycles. The fourth-order valence-electron chi connectivity index (χ4n) is 2.20. The van der Waals surface area contributed by atoms with Crippen molar-refractivity contribution in [2.75, 3.05) is 6.79 Å². The molecular weight excluding hydrogens is 258 g/mol. The molecule has 2 aromatic rings. The van der Waals surface area contributed by atoms with Crippen LogP contribution in [0.5, 0.6) is 11.5 Å². The first kappa shape index (κ1) is 12.5. The van der Waals surface area contributed by atoms with Crippen LogP contribution in [0.2, 0.25) is 0 Å². The van der Waals surface area contributed by atoms with E-state index in [9.17, 15) is 9.90 Å². The fraction of sp³-hybridized carbons (Fsp3) is 0.200. The summed E-state index contributed by atoms with van der Waals surface area (Å²) in [6, 6.07) is 10.8. The smallest absolute Gasteiger partial charge is 0.312 e. The number of carboxylic acids is 1. The van der Waals surface area contributed by atoms with E-state index in [-0.39, 0.29) is 6.79 Å². The molecule has 5 nitrogen and oxygen atoms in total. The Morgan fingerprint density at radius 3 is 2.85 bits per heavy atom. The molecule has 1 aliphatic heterocycles. The van der Waals surface area contributed by atoms with Gasteiger partial charge in [0.25, 0.3) is 0 Å². The van der Waals surface area contributed by atoms with Gasteiger partial charge in [-0.3, -0.25) is 9.78 Å². The third kappa shape index (κ3) is 2.42. The van der Waals surface area contributed by atoms with Crippen molar-refractivity contribution in [2.24, 2.45) is 0 Å². The van der Waals surface area contributed by atoms with E-state index in [4.69, 9.17) is 9.47 Å². The zero-order valence-electron chi connectivity index (χ0n) is 10.7. The van der Waals surface area contributed by atoms with Gasteiger partial charge in [-0.05, 0) is 36.2 Å². The molecule has 1 N–H and O–H groups in total. The molecule has 0 bridgehead atoms. The molecule has 0 fully saturated rings. The number of aromatic nitrogens is 1. The second-order valence-electron chi connectivity index (χ2n) is 4.54. The molecule has 0 aliphatic carbocycles. The summed E-state index contributed by atoms with van der Waals surface area (Å²) in [5.41, 5.74) is 1.44. The van der Waals surface area contributed by atoms with Gasteiger partial charge in [-0.2, -0.15) is 0 Å². The van der Waals surface area contributed by atoms with E-state index in [0.717, 1.165) is 5.56 Å². The lowest BCUT2D eigenvalue weighted by Gasteiger charge is -2.12. The molecule has 0 radical (unpaired) electrons. The minimum Gasteiger partial charge on any atom is -0.481 e. The number of hydrogen-bond donors (Lipinski definition) is 1. The van der Waals surface area contributed by atoms with Crippen LogP contribution in [0.4, 0.5) is 0 Å². The summed E-state index contributed by atoms with van der Waals surface area (Å²) in [5.74, 6) is -0.205. The average Bonchev–Trinajstić information content (AvgIpc) is 2.93. The van der Waals surface area contributed by atoms with E-state index < -0.39 is 11.9 Å². The van der Waals surface area contributed by atoms with Crippen LogP contribution in [0.15, 0.2) is 42.6 Å². The average molecular weight is 271 g/mol. The van der Waals surface area contributed by atoms with Crippen molar-refractivity contribution in [1.29, 1.82) is 0 Å². The molecule has 1 aromatic carbocycles. The molecule has 0 amide bonds. The minimum atomic E-state index is -0.888. The molecule has 2 heterocycles. The zero-order valence-corrected chi connectivity index (χ0v) is 10.7. The Kier molecular flexibility index (Phi) is 3.25. The Balaban J connectivity index is 1.86. The third-order valence-electron chi connectivity index (χ3n) is 3.22. The predicted molar refractivity (Wildman–Crippen MR) is 70.9 cm³/mol. The molecule has 1 aliphatic rings. The maximum atomic E-state index is 11.4. The molecule has 0 saturated carbocycles. The molecule has 0 saturated heterocycles. The Labute approximate surface area is 115 Å². The van der Waals surface area contributed by atoms with Crippen molar-refractivity contribution in [3.63, 3.8) is 0 Å². The van der Waals surface area contributed by atoms with Crippen molar-refractivity contribution < 1.29 is 19.4 Å². The highest BCUT2D eigenvalue weighted by molar-refractivity contribution is 5.75. The number of fused-ring (bicyclic) bond motifs is 1. The number of carbonyl (C=O) groups is 1. The van der Waals surface area contributed by atoms with Gasteiger partial charge in [0, 0.05) is 6.20 Å². The standard InChI is InChI=1S/C15H13NO4/c17-15(18)11(12-3-1-2-6-16-12)7-10-4-5-13-14(8-10)20-9-19-13/h1-6,8,11H,7,9H2,(H,17,18). The highest BCUT2D eigenvalue weighted by Crippen LogP contribution is 2.33. The lowest BCUT2D eigenvalue weighted by atomic mass is 9.95. The maximum Gasteiger partial charge on any atom is 0.312 e. The third-order valence-corrected chi connectivity index (χ3v) is 3.22. The topological polar surface area (TPSA) is 68.7 Å². The minimum absolute atomic E-state index is 0.210. The predicted octanol–water partition coefficient (Wildman–Crippen LogP) is 2.22. The van der Waals surface area contributed by atoms with Crippen LogP contribution < -0.4 is 9.47 Å². The molecule has 102 valence electrons. The lowest BCUT2D eigenvalue weighted by molar-refractivity contribution is -0.138. The van der Waals surface area contributed by atoms with Crippen LogP contribution in [-0.4, -0.2) is 22.9 Å². The maximum absolute atomic E-state index is 11.4. The van der Waals surface area contributed by atoms with Gasteiger partial charge in [-0.25, -0.2) is 0 Å². The van der Waals surface area contributed by atoms with Gasteiger partial charge in [0.05, 0.1) is 5.69 Å². The summed E-state index contributed by atoms with van der Waals surface area (Å²) in [5, 5.41) is 9.39. The summed E-state index contributed by atoms with van der Waals surface area (Å²) in [7, 11) is 0. The normalized spacial score (nSPS) is 14.0. The van der Waals surface area contributed by atoms with Gasteiger partial charge in [-0.1, -0.05) is 12.1 Å². The fourth-order valence-corrected chi connectivity index (χ4v) is 2.20. The molecule has 1 unspecified atom stereocenters. The molecule has 0 spiro atoms.